The molecule has 2 fully saturated rings. The molecule has 1 heterocycles. The monoisotopic (exact) mass is 227 g/mol. The average molecular weight is 227 g/mol. The Balaban J connectivity index is 1.97. The van der Waals surface area contributed by atoms with Gasteiger partial charge in [-0.15, -0.1) is 0 Å². The molecule has 6 nitrogen and oxygen atoms in total. The number of nitrogens with one attached hydrogen (secondary N) is 1. The molecule has 1 aliphatic carbocycles. The number of hydrogen-bond acceptors (Lipinski definition) is 3. The highest BCUT2D eigenvalue weighted by atomic mass is 16.4. The molecule has 0 bridgehead atoms. The summed E-state index contributed by atoms with van der Waals surface area (Å²) >= 11 is 0. The van der Waals surface area contributed by atoms with Crippen LogP contribution in [-0.2, 0) is 4.79 Å². The summed E-state index contributed by atoms with van der Waals surface area (Å²) in [7, 11) is 0. The van der Waals surface area contributed by atoms with Crippen molar-refractivity contribution in [3.63, 3.8) is 0 Å². The number of carbonyl (C=O) groups is 2. The second-order valence-electron chi connectivity index (χ2n) is 4.65. The molecule has 2 amide bonds. The van der Waals surface area contributed by atoms with E-state index in [4.69, 9.17) is 10.8 Å². The van der Waals surface area contributed by atoms with Gasteiger partial charge in [0.1, 0.15) is 0 Å². The highest BCUT2D eigenvalue weighted by Crippen LogP contribution is 2.23. The van der Waals surface area contributed by atoms with Crippen molar-refractivity contribution < 1.29 is 14.7 Å². The van der Waals surface area contributed by atoms with Crippen LogP contribution < -0.4 is 11.1 Å². The third kappa shape index (κ3) is 2.63. The van der Waals surface area contributed by atoms with Crippen LogP contribution in [0.25, 0.3) is 0 Å². The number of piperidine rings is 1. The average Bonchev–Trinajstić information content (AvgIpc) is 3.01. The Morgan fingerprint density at radius 1 is 1.25 bits per heavy atom. The minimum absolute atomic E-state index is 0.0647. The number of hydrogen-bond donors (Lipinski definition) is 3. The van der Waals surface area contributed by atoms with Crippen molar-refractivity contribution in [2.75, 3.05) is 13.1 Å². The van der Waals surface area contributed by atoms with E-state index in [0.29, 0.717) is 19.0 Å². The van der Waals surface area contributed by atoms with Crippen LogP contribution in [0.15, 0.2) is 0 Å². The van der Waals surface area contributed by atoms with E-state index >= 15 is 0 Å². The lowest BCUT2D eigenvalue weighted by atomic mass is 9.94. The van der Waals surface area contributed by atoms with Crippen molar-refractivity contribution in [3.8, 4) is 0 Å². The molecule has 0 spiro atoms. The van der Waals surface area contributed by atoms with Crippen LogP contribution >= 0.6 is 0 Å². The number of urea groups is 1. The number of amides is 2. The summed E-state index contributed by atoms with van der Waals surface area (Å²) < 4.78 is 0. The van der Waals surface area contributed by atoms with Gasteiger partial charge < -0.3 is 21.1 Å². The summed E-state index contributed by atoms with van der Waals surface area (Å²) in [5.41, 5.74) is 5.20. The third-order valence-electron chi connectivity index (χ3n) is 3.16. The fourth-order valence-electron chi connectivity index (χ4n) is 2.16. The number of nitrogens with zero attached hydrogens (tertiary/aromatic N) is 1. The molecule has 2 unspecified atom stereocenters. The topological polar surface area (TPSA) is 95.7 Å². The molecule has 2 atom stereocenters. The third-order valence-corrected chi connectivity index (χ3v) is 3.16. The van der Waals surface area contributed by atoms with Gasteiger partial charge >= 0.3 is 12.0 Å². The Morgan fingerprint density at radius 2 is 1.94 bits per heavy atom. The van der Waals surface area contributed by atoms with Crippen LogP contribution in [0, 0.1) is 5.92 Å². The smallest absolute Gasteiger partial charge is 0.314 e. The van der Waals surface area contributed by atoms with Crippen LogP contribution in [0.1, 0.15) is 19.3 Å². The Hall–Kier alpha value is -1.30. The van der Waals surface area contributed by atoms with E-state index < -0.39 is 17.9 Å². The van der Waals surface area contributed by atoms with E-state index in [1.807, 2.05) is 0 Å². The largest absolute Gasteiger partial charge is 0.481 e. The molecule has 90 valence electrons. The van der Waals surface area contributed by atoms with E-state index in [9.17, 15) is 9.59 Å². The molecule has 6 heteroatoms. The predicted molar refractivity (Wildman–Crippen MR) is 56.8 cm³/mol. The van der Waals surface area contributed by atoms with E-state index in [0.717, 1.165) is 12.8 Å². The van der Waals surface area contributed by atoms with Crippen molar-refractivity contribution in [1.82, 2.24) is 10.2 Å². The lowest BCUT2D eigenvalue weighted by molar-refractivity contribution is -0.143. The first-order valence-corrected chi connectivity index (χ1v) is 5.59. The fourth-order valence-corrected chi connectivity index (χ4v) is 2.16. The minimum atomic E-state index is -0.853. The van der Waals surface area contributed by atoms with Gasteiger partial charge in [-0.3, -0.25) is 4.79 Å². The molecule has 16 heavy (non-hydrogen) atoms. The van der Waals surface area contributed by atoms with Gasteiger partial charge in [-0.2, -0.15) is 0 Å². The standard InChI is InChI=1S/C10H17N3O3/c11-10(16)13-4-6(9(14)15)3-8(5-13)12-7-1-2-7/h6-8,12H,1-5H2,(H2,11,16)(H,14,15). The molecule has 0 radical (unpaired) electrons. The highest BCUT2D eigenvalue weighted by molar-refractivity contribution is 5.75. The Kier molecular flexibility index (Phi) is 3.00. The number of likely N-dealkylation sites (tertiary alicyclic amines) is 1. The Bertz CT molecular complexity index is 282. The number of carboxylic acids is 1. The second-order valence-corrected chi connectivity index (χ2v) is 4.65. The fraction of sp³-hybridized carbons (Fsp3) is 0.800. The maximum Gasteiger partial charge on any atom is 0.314 e. The number of nitrogens with two attached hydrogens (primary N) is 1. The number of rotatable bonds is 3. The molecule has 1 saturated carbocycles. The summed E-state index contributed by atoms with van der Waals surface area (Å²) in [5, 5.41) is 12.3. The van der Waals surface area contributed by atoms with Crippen LogP contribution in [0.2, 0.25) is 0 Å². The van der Waals surface area contributed by atoms with Gasteiger partial charge in [0.15, 0.2) is 0 Å². The zero-order chi connectivity index (χ0) is 11.7. The zero-order valence-corrected chi connectivity index (χ0v) is 9.06. The van der Waals surface area contributed by atoms with E-state index in [2.05, 4.69) is 5.32 Å². The Labute approximate surface area is 93.8 Å². The van der Waals surface area contributed by atoms with Crippen molar-refractivity contribution in [2.24, 2.45) is 11.7 Å². The molecule has 2 aliphatic rings. The quantitative estimate of drug-likeness (QED) is 0.611. The van der Waals surface area contributed by atoms with Gasteiger partial charge in [0.25, 0.3) is 0 Å². The number of aliphatic carboxylic acids is 1. The number of carboxylic acid groups (broad SMARTS) is 1. The molecular formula is C10H17N3O3. The Morgan fingerprint density at radius 3 is 2.44 bits per heavy atom. The summed E-state index contributed by atoms with van der Waals surface area (Å²) in [6.07, 6.45) is 2.87. The number of primary amides is 1. The van der Waals surface area contributed by atoms with Gasteiger partial charge in [-0.05, 0) is 19.3 Å². The van der Waals surface area contributed by atoms with Gasteiger partial charge in [-0.25, -0.2) is 4.79 Å². The van der Waals surface area contributed by atoms with Crippen molar-refractivity contribution in [2.45, 2.75) is 31.3 Å². The lowest BCUT2D eigenvalue weighted by Gasteiger charge is -2.35. The molecular weight excluding hydrogens is 210 g/mol. The van der Waals surface area contributed by atoms with Crippen molar-refractivity contribution >= 4 is 12.0 Å². The molecule has 4 N–H and O–H groups in total. The lowest BCUT2D eigenvalue weighted by Crippen LogP contribution is -2.54. The summed E-state index contributed by atoms with van der Waals surface area (Å²) in [4.78, 5) is 23.5. The van der Waals surface area contributed by atoms with Crippen LogP contribution in [0.4, 0.5) is 4.79 Å². The van der Waals surface area contributed by atoms with Gasteiger partial charge in [0, 0.05) is 25.2 Å². The molecule has 1 saturated heterocycles. The molecule has 0 aromatic carbocycles. The highest BCUT2D eigenvalue weighted by Gasteiger charge is 2.35. The molecule has 0 aromatic rings. The van der Waals surface area contributed by atoms with Crippen LogP contribution in [0.3, 0.4) is 0 Å². The van der Waals surface area contributed by atoms with Gasteiger partial charge in [0.05, 0.1) is 5.92 Å². The van der Waals surface area contributed by atoms with Crippen LogP contribution in [-0.4, -0.2) is 47.2 Å². The van der Waals surface area contributed by atoms with E-state index in [-0.39, 0.29) is 12.6 Å². The van der Waals surface area contributed by atoms with E-state index in [1.165, 1.54) is 4.90 Å². The second kappa shape index (κ2) is 4.29. The van der Waals surface area contributed by atoms with Gasteiger partial charge in [0.2, 0.25) is 0 Å². The van der Waals surface area contributed by atoms with Gasteiger partial charge in [-0.1, -0.05) is 0 Å². The van der Waals surface area contributed by atoms with Crippen LogP contribution in [0.5, 0.6) is 0 Å². The number of carbonyl (C=O) groups excluding carboxylic acids is 1. The SMILES string of the molecule is NC(=O)N1CC(NC2CC2)CC(C(=O)O)C1. The maximum absolute atomic E-state index is 11.1. The zero-order valence-electron chi connectivity index (χ0n) is 9.06. The molecule has 0 aromatic heterocycles. The maximum atomic E-state index is 11.1. The molecule has 2 rings (SSSR count). The molecule has 1 aliphatic heterocycles. The van der Waals surface area contributed by atoms with Crippen molar-refractivity contribution in [1.29, 1.82) is 0 Å². The first-order chi connectivity index (χ1) is 7.56. The first kappa shape index (κ1) is 11.2. The predicted octanol–water partition coefficient (Wildman–Crippen LogP) is -0.408. The summed E-state index contributed by atoms with van der Waals surface area (Å²) in [6, 6.07) is 0.0377. The summed E-state index contributed by atoms with van der Waals surface area (Å²) in [5.74, 6) is -1.36. The first-order valence-electron chi connectivity index (χ1n) is 5.59. The minimum Gasteiger partial charge on any atom is -0.481 e. The van der Waals surface area contributed by atoms with E-state index in [1.54, 1.807) is 0 Å². The van der Waals surface area contributed by atoms with Crippen molar-refractivity contribution in [3.05, 3.63) is 0 Å². The normalized spacial score (nSPS) is 30.1. The summed E-state index contributed by atoms with van der Waals surface area (Å²) in [6.45, 7) is 0.753.